The maximum Gasteiger partial charge on any atom is 0.143 e. The Hall–Kier alpha value is -3.94. The molecule has 0 aliphatic carbocycles. The summed E-state index contributed by atoms with van der Waals surface area (Å²) in [5.41, 5.74) is 6.16. The number of nitrogens with one attached hydrogen (secondary N) is 1. The van der Waals surface area contributed by atoms with Gasteiger partial charge in [0.05, 0.1) is 29.5 Å². The van der Waals surface area contributed by atoms with Crippen molar-refractivity contribution in [1.82, 2.24) is 34.5 Å². The first-order valence-electron chi connectivity index (χ1n) is 12.4. The Morgan fingerprint density at radius 2 is 1.80 bits per heavy atom. The number of H-pyrrole nitrogens is 1. The van der Waals surface area contributed by atoms with E-state index in [4.69, 9.17) is 15.1 Å². The molecule has 0 saturated carbocycles. The van der Waals surface area contributed by atoms with Crippen molar-refractivity contribution in [2.45, 2.75) is 58.8 Å². The Labute approximate surface area is 204 Å². The van der Waals surface area contributed by atoms with E-state index in [0.29, 0.717) is 18.6 Å². The van der Waals surface area contributed by atoms with E-state index in [1.165, 1.54) is 12.8 Å². The highest BCUT2D eigenvalue weighted by Gasteiger charge is 2.28. The van der Waals surface area contributed by atoms with Gasteiger partial charge in [0.1, 0.15) is 11.6 Å². The predicted octanol–water partition coefficient (Wildman–Crippen LogP) is 5.13. The van der Waals surface area contributed by atoms with Gasteiger partial charge in [0.25, 0.3) is 0 Å². The van der Waals surface area contributed by atoms with Crippen LogP contribution in [0.15, 0.2) is 61.2 Å². The van der Waals surface area contributed by atoms with Crippen LogP contribution in [0.1, 0.15) is 39.3 Å². The summed E-state index contributed by atoms with van der Waals surface area (Å²) in [6.07, 6.45) is 10.2. The molecule has 35 heavy (non-hydrogen) atoms. The number of rotatable bonds is 6. The van der Waals surface area contributed by atoms with Crippen LogP contribution in [0.4, 0.5) is 5.82 Å². The molecule has 1 aliphatic heterocycles. The lowest BCUT2D eigenvalue weighted by molar-refractivity contribution is 0.639. The first-order chi connectivity index (χ1) is 17.1. The van der Waals surface area contributed by atoms with Crippen LogP contribution in [0, 0.1) is 0 Å². The summed E-state index contributed by atoms with van der Waals surface area (Å²) in [6, 6.07) is 13.8. The number of pyridine rings is 1. The van der Waals surface area contributed by atoms with E-state index < -0.39 is 0 Å². The molecular weight excluding hydrogens is 436 g/mol. The van der Waals surface area contributed by atoms with Gasteiger partial charge in [0, 0.05) is 48.3 Å². The summed E-state index contributed by atoms with van der Waals surface area (Å²) in [5, 5.41) is 11.7. The number of benzene rings is 1. The van der Waals surface area contributed by atoms with Crippen LogP contribution in [0.3, 0.4) is 0 Å². The van der Waals surface area contributed by atoms with E-state index >= 15 is 0 Å². The van der Waals surface area contributed by atoms with Crippen molar-refractivity contribution in [2.24, 2.45) is 0 Å². The van der Waals surface area contributed by atoms with Gasteiger partial charge in [-0.15, -0.1) is 0 Å². The van der Waals surface area contributed by atoms with Crippen molar-refractivity contribution >= 4 is 16.9 Å². The fourth-order valence-electron chi connectivity index (χ4n) is 5.24. The highest BCUT2D eigenvalue weighted by Crippen LogP contribution is 2.32. The number of hydrogen-bond acceptors (Lipinski definition) is 5. The van der Waals surface area contributed by atoms with Gasteiger partial charge in [0.15, 0.2) is 0 Å². The standard InChI is InChI=1S/C27H30N8/c1-4-33-12-11-23(32-33)17-34-25-9-7-20(22-15-29-30-16-22)13-24(25)31-27(34)21-8-10-26(28-14-21)35-18(2)5-6-19(35)3/h7-16,18-19H,4-6,17H2,1-3H3,(H,29,30)/t18-,19-/m0/s1. The number of imidazole rings is 1. The third-order valence-corrected chi connectivity index (χ3v) is 7.14. The zero-order valence-electron chi connectivity index (χ0n) is 20.4. The summed E-state index contributed by atoms with van der Waals surface area (Å²) >= 11 is 0. The Morgan fingerprint density at radius 3 is 2.49 bits per heavy atom. The SMILES string of the molecule is CCn1ccc(Cn2c(-c3ccc(N4[C@@H](C)CC[C@@H]4C)nc3)nc3cc(-c4cn[nH]c4)ccc32)n1. The van der Waals surface area contributed by atoms with Crippen molar-refractivity contribution in [3.63, 3.8) is 0 Å². The minimum absolute atomic E-state index is 0.517. The third kappa shape index (κ3) is 3.88. The number of nitrogens with zero attached hydrogens (tertiary/aromatic N) is 7. The first-order valence-corrected chi connectivity index (χ1v) is 12.4. The van der Waals surface area contributed by atoms with E-state index in [1.807, 2.05) is 29.5 Å². The smallest absolute Gasteiger partial charge is 0.143 e. The zero-order valence-corrected chi connectivity index (χ0v) is 20.4. The minimum Gasteiger partial charge on any atom is -0.351 e. The third-order valence-electron chi connectivity index (χ3n) is 7.14. The van der Waals surface area contributed by atoms with Gasteiger partial charge < -0.3 is 9.47 Å². The molecule has 0 radical (unpaired) electrons. The number of fused-ring (bicyclic) bond motifs is 1. The van der Waals surface area contributed by atoms with Gasteiger partial charge in [-0.05, 0) is 69.5 Å². The normalized spacial score (nSPS) is 18.1. The van der Waals surface area contributed by atoms with Crippen LogP contribution in [0.25, 0.3) is 33.5 Å². The molecule has 0 bridgehead atoms. The van der Waals surface area contributed by atoms with Crippen LogP contribution >= 0.6 is 0 Å². The van der Waals surface area contributed by atoms with E-state index in [9.17, 15) is 0 Å². The van der Waals surface area contributed by atoms with E-state index in [1.54, 1.807) is 0 Å². The number of anilines is 1. The second-order valence-corrected chi connectivity index (χ2v) is 9.46. The van der Waals surface area contributed by atoms with Gasteiger partial charge in [0.2, 0.25) is 0 Å². The summed E-state index contributed by atoms with van der Waals surface area (Å²) < 4.78 is 4.20. The molecule has 8 nitrogen and oxygen atoms in total. The molecule has 1 N–H and O–H groups in total. The van der Waals surface area contributed by atoms with Crippen molar-refractivity contribution in [1.29, 1.82) is 0 Å². The molecule has 1 fully saturated rings. The van der Waals surface area contributed by atoms with Gasteiger partial charge in [-0.25, -0.2) is 9.97 Å². The topological polar surface area (TPSA) is 80.5 Å². The lowest BCUT2D eigenvalue weighted by Gasteiger charge is -2.27. The summed E-state index contributed by atoms with van der Waals surface area (Å²) in [6.45, 7) is 8.16. The van der Waals surface area contributed by atoms with Crippen LogP contribution in [-0.4, -0.2) is 46.6 Å². The van der Waals surface area contributed by atoms with Crippen LogP contribution in [0.2, 0.25) is 0 Å². The first kappa shape index (κ1) is 21.6. The zero-order chi connectivity index (χ0) is 23.9. The van der Waals surface area contributed by atoms with Gasteiger partial charge in [-0.3, -0.25) is 9.78 Å². The Balaban J connectivity index is 1.43. The van der Waals surface area contributed by atoms with Gasteiger partial charge >= 0.3 is 0 Å². The van der Waals surface area contributed by atoms with E-state index in [-0.39, 0.29) is 0 Å². The molecule has 8 heteroatoms. The van der Waals surface area contributed by atoms with Crippen LogP contribution in [-0.2, 0) is 13.1 Å². The predicted molar refractivity (Wildman–Crippen MR) is 138 cm³/mol. The van der Waals surface area contributed by atoms with Crippen molar-refractivity contribution in [3.8, 4) is 22.5 Å². The monoisotopic (exact) mass is 466 g/mol. The van der Waals surface area contributed by atoms with Crippen LogP contribution < -0.4 is 4.90 Å². The Bertz CT molecular complexity index is 1430. The highest BCUT2D eigenvalue weighted by atomic mass is 15.3. The molecule has 0 spiro atoms. The molecule has 5 aromatic rings. The van der Waals surface area contributed by atoms with Crippen molar-refractivity contribution in [3.05, 3.63) is 66.9 Å². The molecule has 6 rings (SSSR count). The fraction of sp³-hybridized carbons (Fsp3) is 0.333. The largest absolute Gasteiger partial charge is 0.351 e. The lowest BCUT2D eigenvalue weighted by atomic mass is 10.1. The number of hydrogen-bond donors (Lipinski definition) is 1. The Morgan fingerprint density at radius 1 is 0.971 bits per heavy atom. The molecule has 1 aliphatic rings. The molecule has 1 aromatic carbocycles. The summed E-state index contributed by atoms with van der Waals surface area (Å²) in [4.78, 5) is 12.4. The van der Waals surface area contributed by atoms with Crippen molar-refractivity contribution in [2.75, 3.05) is 4.90 Å². The maximum absolute atomic E-state index is 5.08. The van der Waals surface area contributed by atoms with Gasteiger partial charge in [-0.2, -0.15) is 10.2 Å². The van der Waals surface area contributed by atoms with Gasteiger partial charge in [-0.1, -0.05) is 6.07 Å². The van der Waals surface area contributed by atoms with E-state index in [0.717, 1.165) is 51.6 Å². The number of aryl methyl sites for hydroxylation is 1. The fourth-order valence-corrected chi connectivity index (χ4v) is 5.24. The molecule has 0 amide bonds. The highest BCUT2D eigenvalue weighted by molar-refractivity contribution is 5.85. The molecule has 0 unspecified atom stereocenters. The quantitative estimate of drug-likeness (QED) is 0.375. The second kappa shape index (κ2) is 8.69. The molecule has 1 saturated heterocycles. The molecule has 4 aromatic heterocycles. The Kier molecular flexibility index (Phi) is 5.36. The molecule has 178 valence electrons. The average molecular weight is 467 g/mol. The maximum atomic E-state index is 5.08. The molecule has 2 atom stereocenters. The van der Waals surface area contributed by atoms with Crippen molar-refractivity contribution < 1.29 is 0 Å². The molecule has 5 heterocycles. The number of aromatic nitrogens is 7. The lowest BCUT2D eigenvalue weighted by Crippen LogP contribution is -2.33. The average Bonchev–Trinajstić information content (AvgIpc) is 3.67. The van der Waals surface area contributed by atoms with E-state index in [2.05, 4.69) is 76.8 Å². The second-order valence-electron chi connectivity index (χ2n) is 9.46. The van der Waals surface area contributed by atoms with Crippen LogP contribution in [0.5, 0.6) is 0 Å². The molecular formula is C27H30N8. The minimum atomic E-state index is 0.517. The number of aromatic amines is 1. The summed E-state index contributed by atoms with van der Waals surface area (Å²) in [5.74, 6) is 1.94. The summed E-state index contributed by atoms with van der Waals surface area (Å²) in [7, 11) is 0.